The molecule has 0 saturated carbocycles. The van der Waals surface area contributed by atoms with Gasteiger partial charge in [-0.05, 0) is 36.6 Å². The van der Waals surface area contributed by atoms with Crippen LogP contribution in [0.25, 0.3) is 10.9 Å². The third kappa shape index (κ3) is 5.35. The lowest BCUT2D eigenvalue weighted by Crippen LogP contribution is -2.45. The third-order valence-electron chi connectivity index (χ3n) is 4.66. The van der Waals surface area contributed by atoms with Gasteiger partial charge in [0.15, 0.2) is 5.96 Å². The van der Waals surface area contributed by atoms with Gasteiger partial charge in [-0.2, -0.15) is 13.2 Å². The molecule has 0 amide bonds. The zero-order valence-corrected chi connectivity index (χ0v) is 15.0. The van der Waals surface area contributed by atoms with Gasteiger partial charge in [0.1, 0.15) is 5.82 Å². The number of fused-ring (bicyclic) bond motifs is 1. The molecule has 5 nitrogen and oxygen atoms in total. The Morgan fingerprint density at radius 3 is 2.93 bits per heavy atom. The quantitative estimate of drug-likeness (QED) is 0.421. The lowest BCUT2D eigenvalue weighted by Gasteiger charge is -2.19. The Morgan fingerprint density at radius 1 is 1.37 bits per heavy atom. The van der Waals surface area contributed by atoms with Crippen LogP contribution in [0.4, 0.5) is 17.6 Å². The predicted octanol–water partition coefficient (Wildman–Crippen LogP) is 2.65. The van der Waals surface area contributed by atoms with E-state index in [-0.39, 0.29) is 11.9 Å². The van der Waals surface area contributed by atoms with Crippen LogP contribution in [-0.2, 0) is 6.42 Å². The number of halogens is 4. The third-order valence-corrected chi connectivity index (χ3v) is 4.66. The molecule has 2 aromatic rings. The van der Waals surface area contributed by atoms with E-state index < -0.39 is 12.7 Å². The van der Waals surface area contributed by atoms with Crippen LogP contribution in [0.3, 0.4) is 0 Å². The molecule has 2 heterocycles. The zero-order chi connectivity index (χ0) is 19.4. The minimum absolute atomic E-state index is 0.0688. The highest BCUT2D eigenvalue weighted by atomic mass is 19.4. The van der Waals surface area contributed by atoms with Crippen molar-refractivity contribution in [3.05, 3.63) is 35.8 Å². The first kappa shape index (κ1) is 19.5. The molecule has 9 heteroatoms. The number of benzene rings is 1. The number of aliphatic imine (C=N–C) groups is 1. The van der Waals surface area contributed by atoms with E-state index in [1.165, 1.54) is 17.0 Å². The number of likely N-dealkylation sites (tertiary alicyclic amines) is 1. The van der Waals surface area contributed by atoms with Gasteiger partial charge in [-0.1, -0.05) is 0 Å². The molecule has 1 saturated heterocycles. The summed E-state index contributed by atoms with van der Waals surface area (Å²) in [5, 5.41) is 7.18. The summed E-state index contributed by atoms with van der Waals surface area (Å²) >= 11 is 0. The van der Waals surface area contributed by atoms with Gasteiger partial charge in [0, 0.05) is 49.8 Å². The SMILES string of the molecule is CN=C(NCCc1c[nH]c2ccc(F)cc12)NC1CCN(CC(F)(F)F)C1. The fraction of sp³-hybridized carbons (Fsp3) is 0.500. The molecule has 0 spiro atoms. The minimum atomic E-state index is -4.17. The lowest BCUT2D eigenvalue weighted by molar-refractivity contribution is -0.143. The summed E-state index contributed by atoms with van der Waals surface area (Å²) in [6, 6.07) is 4.55. The minimum Gasteiger partial charge on any atom is -0.361 e. The number of aromatic nitrogens is 1. The zero-order valence-electron chi connectivity index (χ0n) is 15.0. The molecule has 3 N–H and O–H groups in total. The second-order valence-electron chi connectivity index (χ2n) is 6.73. The van der Waals surface area contributed by atoms with Gasteiger partial charge in [-0.25, -0.2) is 4.39 Å². The van der Waals surface area contributed by atoms with Crippen LogP contribution in [0, 0.1) is 5.82 Å². The Kier molecular flexibility index (Phi) is 5.88. The lowest BCUT2D eigenvalue weighted by atomic mass is 10.1. The van der Waals surface area contributed by atoms with Crippen molar-refractivity contribution >= 4 is 16.9 Å². The molecular weight excluding hydrogens is 362 g/mol. The monoisotopic (exact) mass is 385 g/mol. The number of hydrogen-bond acceptors (Lipinski definition) is 2. The molecule has 0 radical (unpaired) electrons. The average molecular weight is 385 g/mol. The Morgan fingerprint density at radius 2 is 2.19 bits per heavy atom. The summed E-state index contributed by atoms with van der Waals surface area (Å²) in [5.41, 5.74) is 1.87. The van der Waals surface area contributed by atoms with Crippen LogP contribution in [-0.4, -0.2) is 61.3 Å². The first-order valence-electron chi connectivity index (χ1n) is 8.86. The van der Waals surface area contributed by atoms with E-state index in [1.54, 1.807) is 13.1 Å². The Bertz CT molecular complexity index is 799. The molecule has 1 atom stereocenters. The molecule has 3 rings (SSSR count). The van der Waals surface area contributed by atoms with Crippen molar-refractivity contribution in [1.82, 2.24) is 20.5 Å². The van der Waals surface area contributed by atoms with E-state index in [4.69, 9.17) is 0 Å². The molecule has 0 bridgehead atoms. The number of aromatic amines is 1. The summed E-state index contributed by atoms with van der Waals surface area (Å²) in [5.74, 6) is 0.276. The molecule has 0 aliphatic carbocycles. The van der Waals surface area contributed by atoms with E-state index in [1.807, 2.05) is 6.20 Å². The van der Waals surface area contributed by atoms with Gasteiger partial charge in [0.05, 0.1) is 6.54 Å². The highest BCUT2D eigenvalue weighted by Gasteiger charge is 2.34. The number of hydrogen-bond donors (Lipinski definition) is 3. The topological polar surface area (TPSA) is 55.5 Å². The van der Waals surface area contributed by atoms with Crippen LogP contribution in [0.2, 0.25) is 0 Å². The molecular formula is C18H23F4N5. The standard InChI is InChI=1S/C18H23F4N5/c1-23-17(26-14-5-7-27(10-14)11-18(20,21)22)24-6-4-12-9-25-16-3-2-13(19)8-15(12)16/h2-3,8-9,14,25H,4-7,10-11H2,1H3,(H2,23,24,26). The maximum atomic E-state index is 13.4. The van der Waals surface area contributed by atoms with Crippen molar-refractivity contribution in [2.24, 2.45) is 4.99 Å². The Labute approximate surface area is 154 Å². The van der Waals surface area contributed by atoms with Gasteiger partial charge in [-0.3, -0.25) is 9.89 Å². The van der Waals surface area contributed by atoms with Crippen molar-refractivity contribution in [3.63, 3.8) is 0 Å². The second kappa shape index (κ2) is 8.16. The fourth-order valence-corrected chi connectivity index (χ4v) is 3.41. The van der Waals surface area contributed by atoms with Crippen LogP contribution < -0.4 is 10.6 Å². The molecule has 148 valence electrons. The number of guanidine groups is 1. The summed E-state index contributed by atoms with van der Waals surface area (Å²) in [6.07, 6.45) is -1.02. The highest BCUT2D eigenvalue weighted by Crippen LogP contribution is 2.20. The normalized spacial score (nSPS) is 19.0. The molecule has 1 fully saturated rings. The van der Waals surface area contributed by atoms with Crippen LogP contribution in [0.15, 0.2) is 29.4 Å². The van der Waals surface area contributed by atoms with Gasteiger partial charge in [-0.15, -0.1) is 0 Å². The molecule has 1 aromatic heterocycles. The van der Waals surface area contributed by atoms with E-state index in [9.17, 15) is 17.6 Å². The summed E-state index contributed by atoms with van der Waals surface area (Å²) in [4.78, 5) is 8.64. The van der Waals surface area contributed by atoms with Gasteiger partial charge < -0.3 is 15.6 Å². The largest absolute Gasteiger partial charge is 0.401 e. The number of rotatable bonds is 5. The van der Waals surface area contributed by atoms with E-state index in [2.05, 4.69) is 20.6 Å². The van der Waals surface area contributed by atoms with Crippen LogP contribution in [0.5, 0.6) is 0 Å². The number of nitrogens with one attached hydrogen (secondary N) is 3. The Hall–Kier alpha value is -2.29. The fourth-order valence-electron chi connectivity index (χ4n) is 3.41. The van der Waals surface area contributed by atoms with E-state index in [0.717, 1.165) is 16.5 Å². The van der Waals surface area contributed by atoms with Crippen molar-refractivity contribution in [2.75, 3.05) is 33.2 Å². The summed E-state index contributed by atoms with van der Waals surface area (Å²) in [6.45, 7) is 0.438. The molecule has 27 heavy (non-hydrogen) atoms. The maximum Gasteiger partial charge on any atom is 0.401 e. The van der Waals surface area contributed by atoms with Crippen molar-refractivity contribution < 1.29 is 17.6 Å². The van der Waals surface area contributed by atoms with Crippen molar-refractivity contribution in [3.8, 4) is 0 Å². The number of alkyl halides is 3. The predicted molar refractivity (Wildman–Crippen MR) is 97.4 cm³/mol. The van der Waals surface area contributed by atoms with E-state index >= 15 is 0 Å². The van der Waals surface area contributed by atoms with E-state index in [0.29, 0.717) is 38.4 Å². The van der Waals surface area contributed by atoms with Gasteiger partial charge >= 0.3 is 6.18 Å². The summed E-state index contributed by atoms with van der Waals surface area (Å²) < 4.78 is 50.9. The molecule has 1 aliphatic rings. The summed E-state index contributed by atoms with van der Waals surface area (Å²) in [7, 11) is 1.62. The highest BCUT2D eigenvalue weighted by molar-refractivity contribution is 5.83. The number of H-pyrrole nitrogens is 1. The van der Waals surface area contributed by atoms with Crippen molar-refractivity contribution in [1.29, 1.82) is 0 Å². The second-order valence-corrected chi connectivity index (χ2v) is 6.73. The van der Waals surface area contributed by atoms with Crippen LogP contribution in [0.1, 0.15) is 12.0 Å². The van der Waals surface area contributed by atoms with Crippen molar-refractivity contribution in [2.45, 2.75) is 25.1 Å². The smallest absolute Gasteiger partial charge is 0.361 e. The van der Waals surface area contributed by atoms with Crippen LogP contribution >= 0.6 is 0 Å². The molecule has 1 aromatic carbocycles. The maximum absolute atomic E-state index is 13.4. The Balaban J connectivity index is 1.48. The average Bonchev–Trinajstić information content (AvgIpc) is 3.19. The first-order valence-corrected chi connectivity index (χ1v) is 8.86. The van der Waals surface area contributed by atoms with Gasteiger partial charge in [0.2, 0.25) is 0 Å². The molecule has 1 aliphatic heterocycles. The van der Waals surface area contributed by atoms with Gasteiger partial charge in [0.25, 0.3) is 0 Å². The first-order chi connectivity index (χ1) is 12.8. The molecule has 1 unspecified atom stereocenters. The number of nitrogens with zero attached hydrogens (tertiary/aromatic N) is 2.